The van der Waals surface area contributed by atoms with Crippen LogP contribution in [0.15, 0.2) is 33.9 Å². The van der Waals surface area contributed by atoms with Crippen LogP contribution in [0.1, 0.15) is 11.3 Å². The van der Waals surface area contributed by atoms with Gasteiger partial charge in [-0.05, 0) is 34.6 Å². The molecule has 11 nitrogen and oxygen atoms in total. The number of hydrogen-bond donors (Lipinski definition) is 4. The molecule has 2 rings (SSSR count). The minimum absolute atomic E-state index is 0.0160. The highest BCUT2D eigenvalue weighted by molar-refractivity contribution is 7.84. The predicted molar refractivity (Wildman–Crippen MR) is 89.3 cm³/mol. The fraction of sp³-hybridized carbons (Fsp3) is 0.308. The molecular weight excluding hydrogens is 409 g/mol. The maximum atomic E-state index is 12.6. The molecule has 0 saturated carbocycles. The van der Waals surface area contributed by atoms with Gasteiger partial charge in [-0.3, -0.25) is 14.9 Å². The molecule has 2 aromatic rings. The van der Waals surface area contributed by atoms with Crippen LogP contribution < -0.4 is 15.5 Å². The molecule has 0 saturated heterocycles. The first kappa shape index (κ1) is 21.5. The van der Waals surface area contributed by atoms with Crippen molar-refractivity contribution in [2.75, 3.05) is 25.5 Å². The van der Waals surface area contributed by atoms with Gasteiger partial charge < -0.3 is 5.32 Å². The van der Waals surface area contributed by atoms with Gasteiger partial charge in [0.1, 0.15) is 0 Å². The number of halogens is 3. The first-order chi connectivity index (χ1) is 13.2. The van der Waals surface area contributed by atoms with Gasteiger partial charge in [-0.1, -0.05) is 0 Å². The Morgan fingerprint density at radius 2 is 1.96 bits per heavy atom. The van der Waals surface area contributed by atoms with Crippen molar-refractivity contribution in [2.24, 2.45) is 4.99 Å². The average molecular weight is 424 g/mol. The van der Waals surface area contributed by atoms with E-state index >= 15 is 0 Å². The summed E-state index contributed by atoms with van der Waals surface area (Å²) in [6.45, 7) is -0.283. The third kappa shape index (κ3) is 5.88. The third-order valence-electron chi connectivity index (χ3n) is 3.14. The van der Waals surface area contributed by atoms with Gasteiger partial charge in [0, 0.05) is 13.6 Å². The topological polar surface area (TPSA) is 151 Å². The monoisotopic (exact) mass is 424 g/mol. The number of hydroxylamine groups is 1. The Labute approximate surface area is 156 Å². The zero-order valence-corrected chi connectivity index (χ0v) is 15.0. The van der Waals surface area contributed by atoms with Crippen molar-refractivity contribution >= 4 is 27.6 Å². The molecule has 0 aliphatic heterocycles. The van der Waals surface area contributed by atoms with Gasteiger partial charge in [0.2, 0.25) is 5.82 Å². The number of anilines is 1. The van der Waals surface area contributed by atoms with Crippen molar-refractivity contribution in [3.63, 3.8) is 0 Å². The lowest BCUT2D eigenvalue weighted by atomic mass is 10.2. The summed E-state index contributed by atoms with van der Waals surface area (Å²) in [5, 5.41) is 19.0. The molecule has 0 bridgehead atoms. The molecule has 0 unspecified atom stereocenters. The second kappa shape index (κ2) is 8.96. The number of nitrogens with zero attached hydrogens (tertiary/aromatic N) is 3. The van der Waals surface area contributed by atoms with Gasteiger partial charge >= 0.3 is 16.5 Å². The smallest absolute Gasteiger partial charge is 0.363 e. The minimum Gasteiger partial charge on any atom is -0.363 e. The van der Waals surface area contributed by atoms with Crippen molar-refractivity contribution in [3.05, 3.63) is 35.5 Å². The molecule has 154 valence electrons. The molecule has 0 aliphatic carbocycles. The van der Waals surface area contributed by atoms with Gasteiger partial charge in [0.05, 0.1) is 17.9 Å². The molecule has 0 radical (unpaired) electrons. The zero-order chi connectivity index (χ0) is 20.8. The van der Waals surface area contributed by atoms with Crippen LogP contribution in [-0.4, -0.2) is 50.0 Å². The van der Waals surface area contributed by atoms with Gasteiger partial charge in [-0.25, -0.2) is 9.62 Å². The molecule has 0 aliphatic rings. The summed E-state index contributed by atoms with van der Waals surface area (Å²) >= 11 is 0. The number of alkyl halides is 3. The van der Waals surface area contributed by atoms with Crippen LogP contribution >= 0.6 is 0 Å². The van der Waals surface area contributed by atoms with Crippen LogP contribution in [0.2, 0.25) is 0 Å². The number of aliphatic imine (C=N–C) groups is 1. The lowest BCUT2D eigenvalue weighted by Gasteiger charge is -2.07. The second-order valence-corrected chi connectivity index (χ2v) is 6.54. The molecular formula is C13H15F3N6O5S. The molecule has 0 fully saturated rings. The molecule has 28 heavy (non-hydrogen) atoms. The summed E-state index contributed by atoms with van der Waals surface area (Å²) in [5.74, 6) is -0.287. The largest absolute Gasteiger partial charge is 0.416 e. The fourth-order valence-corrected chi connectivity index (χ4v) is 2.25. The van der Waals surface area contributed by atoms with E-state index in [4.69, 9.17) is 0 Å². The highest BCUT2D eigenvalue weighted by atomic mass is 32.2. The Morgan fingerprint density at radius 3 is 2.54 bits per heavy atom. The number of aromatic nitrogens is 2. The van der Waals surface area contributed by atoms with Gasteiger partial charge in [0.15, 0.2) is 11.5 Å². The van der Waals surface area contributed by atoms with E-state index in [1.165, 1.54) is 7.05 Å². The normalized spacial score (nSPS) is 12.8. The Kier molecular flexibility index (Phi) is 6.90. The molecule has 1 heterocycles. The Hall–Kier alpha value is -2.75. The van der Waals surface area contributed by atoms with E-state index in [1.807, 2.05) is 4.72 Å². The van der Waals surface area contributed by atoms with Gasteiger partial charge in [-0.15, -0.1) is 0 Å². The Balaban J connectivity index is 2.10. The van der Waals surface area contributed by atoms with Crippen LogP contribution in [0.3, 0.4) is 0 Å². The summed E-state index contributed by atoms with van der Waals surface area (Å²) in [6, 6.07) is 3.84. The second-order valence-electron chi connectivity index (χ2n) is 4.99. The van der Waals surface area contributed by atoms with Gasteiger partial charge in [-0.2, -0.15) is 26.3 Å². The van der Waals surface area contributed by atoms with E-state index in [1.54, 1.807) is 5.48 Å². The van der Waals surface area contributed by atoms with Crippen LogP contribution in [0.5, 0.6) is 0 Å². The molecule has 1 aromatic heterocycles. The lowest BCUT2D eigenvalue weighted by Crippen LogP contribution is -2.25. The van der Waals surface area contributed by atoms with Crippen molar-refractivity contribution in [1.82, 2.24) is 20.5 Å². The van der Waals surface area contributed by atoms with E-state index in [9.17, 15) is 26.8 Å². The van der Waals surface area contributed by atoms with Crippen LogP contribution in [0, 0.1) is 0 Å². The number of nitrogens with one attached hydrogen (secondary N) is 3. The average Bonchev–Trinajstić information content (AvgIpc) is 3.11. The van der Waals surface area contributed by atoms with Crippen molar-refractivity contribution in [1.29, 1.82) is 0 Å². The van der Waals surface area contributed by atoms with Crippen molar-refractivity contribution in [3.8, 4) is 0 Å². The molecule has 0 amide bonds. The summed E-state index contributed by atoms with van der Waals surface area (Å²) < 4.78 is 71.1. The molecule has 15 heteroatoms. The van der Waals surface area contributed by atoms with E-state index in [2.05, 4.69) is 29.4 Å². The summed E-state index contributed by atoms with van der Waals surface area (Å²) in [6.07, 6.45) is -4.49. The highest BCUT2D eigenvalue weighted by Crippen LogP contribution is 2.30. The first-order valence-electron chi connectivity index (χ1n) is 7.47. The Bertz CT molecular complexity index is 913. The van der Waals surface area contributed by atoms with Crippen LogP contribution in [-0.2, 0) is 20.7 Å². The maximum Gasteiger partial charge on any atom is 0.416 e. The third-order valence-corrected chi connectivity index (χ3v) is 4.11. The SMILES string of the molecule is CNS(=O)(=O)OCCNc1nonc1C(=Nc1ccc(C(F)(F)F)cc1)NO. The lowest BCUT2D eigenvalue weighted by molar-refractivity contribution is -0.137. The molecule has 0 atom stereocenters. The first-order valence-corrected chi connectivity index (χ1v) is 8.88. The fourth-order valence-electron chi connectivity index (χ4n) is 1.82. The number of amidine groups is 1. The van der Waals surface area contributed by atoms with Crippen molar-refractivity contribution in [2.45, 2.75) is 6.18 Å². The summed E-state index contributed by atoms with van der Waals surface area (Å²) in [7, 11) is -2.67. The standard InChI is InChI=1S/C13H15F3N6O5S/c1-17-28(24,25)26-7-6-18-11-10(21-27-22-11)12(20-23)19-9-4-2-8(3-5-9)13(14,15)16/h2-5,17,23H,6-7H2,1H3,(H,18,22)(H,19,20). The molecule has 0 spiro atoms. The molecule has 4 N–H and O–H groups in total. The predicted octanol–water partition coefficient (Wildman–Crippen LogP) is 1.04. The highest BCUT2D eigenvalue weighted by Gasteiger charge is 2.30. The van der Waals surface area contributed by atoms with E-state index in [0.717, 1.165) is 24.3 Å². The zero-order valence-electron chi connectivity index (χ0n) is 14.2. The van der Waals surface area contributed by atoms with Crippen LogP contribution in [0.25, 0.3) is 0 Å². The van der Waals surface area contributed by atoms with E-state index in [0.29, 0.717) is 0 Å². The number of benzene rings is 1. The van der Waals surface area contributed by atoms with Crippen molar-refractivity contribution < 1.29 is 35.6 Å². The number of rotatable bonds is 8. The van der Waals surface area contributed by atoms with Crippen LogP contribution in [0.4, 0.5) is 24.7 Å². The Morgan fingerprint density at radius 1 is 1.29 bits per heavy atom. The van der Waals surface area contributed by atoms with E-state index in [-0.39, 0.29) is 36.2 Å². The summed E-state index contributed by atoms with van der Waals surface area (Å²) in [5.41, 5.74) is 0.882. The number of hydrogen-bond acceptors (Lipinski definition) is 9. The van der Waals surface area contributed by atoms with E-state index < -0.39 is 22.0 Å². The molecule has 1 aromatic carbocycles. The quantitative estimate of drug-likeness (QED) is 0.211. The summed E-state index contributed by atoms with van der Waals surface area (Å²) in [4.78, 5) is 3.93. The van der Waals surface area contributed by atoms with Gasteiger partial charge in [0.25, 0.3) is 0 Å². The minimum atomic E-state index is -4.49. The maximum absolute atomic E-state index is 12.6.